The molecule has 0 aliphatic heterocycles. The third kappa shape index (κ3) is 3.28. The topological polar surface area (TPSA) is 57.5 Å². The van der Waals surface area contributed by atoms with Crippen LogP contribution in [0.4, 0.5) is 0 Å². The van der Waals surface area contributed by atoms with Gasteiger partial charge in [-0.3, -0.25) is 0 Å². The Bertz CT molecular complexity index is 716. The third-order valence-electron chi connectivity index (χ3n) is 2.86. The minimum absolute atomic E-state index is 0.0854. The van der Waals surface area contributed by atoms with E-state index in [1.807, 2.05) is 0 Å². The van der Waals surface area contributed by atoms with Gasteiger partial charge in [-0.15, -0.1) is 0 Å². The number of halogens is 4. The van der Waals surface area contributed by atoms with Crippen molar-refractivity contribution >= 4 is 52.4 Å². The van der Waals surface area contributed by atoms with Crippen molar-refractivity contribution in [1.29, 1.82) is 0 Å². The summed E-state index contributed by atoms with van der Waals surface area (Å²) in [6, 6.07) is 7.62. The van der Waals surface area contributed by atoms with E-state index in [9.17, 15) is 9.90 Å². The van der Waals surface area contributed by atoms with Crippen LogP contribution in [0.2, 0.25) is 20.1 Å². The summed E-state index contributed by atoms with van der Waals surface area (Å²) in [6.07, 6.45) is -1.70. The third-order valence-corrected chi connectivity index (χ3v) is 4.31. The maximum atomic E-state index is 10.8. The van der Waals surface area contributed by atoms with Gasteiger partial charge in [-0.25, -0.2) is 4.79 Å². The van der Waals surface area contributed by atoms with Crippen LogP contribution in [0.3, 0.4) is 0 Å². The van der Waals surface area contributed by atoms with Crippen LogP contribution in [0.15, 0.2) is 30.3 Å². The van der Waals surface area contributed by atoms with Gasteiger partial charge < -0.3 is 10.2 Å². The quantitative estimate of drug-likeness (QED) is 0.745. The van der Waals surface area contributed by atoms with E-state index in [1.165, 1.54) is 12.1 Å². The molecule has 0 aliphatic rings. The first kappa shape index (κ1) is 16.4. The lowest BCUT2D eigenvalue weighted by molar-refractivity contribution is -0.146. The molecule has 0 heterocycles. The molecule has 2 aromatic carbocycles. The van der Waals surface area contributed by atoms with Gasteiger partial charge in [-0.2, -0.15) is 0 Å². The van der Waals surface area contributed by atoms with E-state index in [0.29, 0.717) is 21.2 Å². The number of aliphatic hydroxyl groups excluding tert-OH is 1. The SMILES string of the molecule is O=C(O)C(O)c1ccc(-c2c(Cl)ccc(Cl)c2Cl)cc1Cl. The molecule has 21 heavy (non-hydrogen) atoms. The van der Waals surface area contributed by atoms with E-state index in [-0.39, 0.29) is 15.6 Å². The Morgan fingerprint density at radius 2 is 1.57 bits per heavy atom. The van der Waals surface area contributed by atoms with Crippen molar-refractivity contribution in [3.8, 4) is 11.1 Å². The second kappa shape index (κ2) is 6.42. The van der Waals surface area contributed by atoms with E-state index in [1.54, 1.807) is 18.2 Å². The van der Waals surface area contributed by atoms with Gasteiger partial charge in [0.2, 0.25) is 0 Å². The Kier molecular flexibility index (Phi) is 5.02. The molecule has 0 saturated heterocycles. The minimum Gasteiger partial charge on any atom is -0.479 e. The van der Waals surface area contributed by atoms with Crippen LogP contribution >= 0.6 is 46.4 Å². The Balaban J connectivity index is 2.56. The molecule has 0 radical (unpaired) electrons. The van der Waals surface area contributed by atoms with Crippen LogP contribution in [-0.4, -0.2) is 16.2 Å². The molecule has 7 heteroatoms. The molecule has 2 aromatic rings. The van der Waals surface area contributed by atoms with Crippen molar-refractivity contribution in [3.05, 3.63) is 56.0 Å². The van der Waals surface area contributed by atoms with Gasteiger partial charge in [0.05, 0.1) is 10.0 Å². The monoisotopic (exact) mass is 364 g/mol. The molecule has 0 fully saturated rings. The van der Waals surface area contributed by atoms with Gasteiger partial charge in [0.1, 0.15) is 0 Å². The van der Waals surface area contributed by atoms with Crippen LogP contribution in [0.25, 0.3) is 11.1 Å². The lowest BCUT2D eigenvalue weighted by atomic mass is 10.0. The molecule has 110 valence electrons. The largest absolute Gasteiger partial charge is 0.479 e. The molecule has 0 bridgehead atoms. The van der Waals surface area contributed by atoms with Crippen LogP contribution in [0.5, 0.6) is 0 Å². The fourth-order valence-corrected chi connectivity index (χ4v) is 2.86. The van der Waals surface area contributed by atoms with Crippen molar-refractivity contribution in [3.63, 3.8) is 0 Å². The highest BCUT2D eigenvalue weighted by Crippen LogP contribution is 2.40. The molecule has 2 N–H and O–H groups in total. The molecule has 0 amide bonds. The summed E-state index contributed by atoms with van der Waals surface area (Å²) in [4.78, 5) is 10.8. The van der Waals surface area contributed by atoms with Crippen molar-refractivity contribution < 1.29 is 15.0 Å². The first-order chi connectivity index (χ1) is 9.82. The summed E-state index contributed by atoms with van der Waals surface area (Å²) in [5.74, 6) is -1.39. The summed E-state index contributed by atoms with van der Waals surface area (Å²) >= 11 is 24.2. The van der Waals surface area contributed by atoms with E-state index in [4.69, 9.17) is 51.5 Å². The first-order valence-electron chi connectivity index (χ1n) is 5.67. The smallest absolute Gasteiger partial charge is 0.337 e. The Morgan fingerprint density at radius 3 is 2.14 bits per heavy atom. The second-order valence-electron chi connectivity index (χ2n) is 4.20. The zero-order valence-electron chi connectivity index (χ0n) is 10.3. The highest BCUT2D eigenvalue weighted by Gasteiger charge is 2.20. The van der Waals surface area contributed by atoms with Crippen molar-refractivity contribution in [2.75, 3.05) is 0 Å². The predicted molar refractivity (Wildman–Crippen MR) is 84.5 cm³/mol. The van der Waals surface area contributed by atoms with Crippen molar-refractivity contribution in [1.82, 2.24) is 0 Å². The highest BCUT2D eigenvalue weighted by molar-refractivity contribution is 6.46. The molecule has 0 aliphatic carbocycles. The molecular weight excluding hydrogens is 358 g/mol. The van der Waals surface area contributed by atoms with E-state index < -0.39 is 12.1 Å². The minimum atomic E-state index is -1.70. The summed E-state index contributed by atoms with van der Waals surface area (Å²) in [5, 5.41) is 19.4. The van der Waals surface area contributed by atoms with Gasteiger partial charge in [0, 0.05) is 21.2 Å². The molecule has 1 unspecified atom stereocenters. The fourth-order valence-electron chi connectivity index (χ4n) is 1.83. The fraction of sp³-hybridized carbons (Fsp3) is 0.0714. The van der Waals surface area contributed by atoms with Gasteiger partial charge in [-0.05, 0) is 23.8 Å². The number of hydrogen-bond donors (Lipinski definition) is 2. The molecule has 0 saturated carbocycles. The number of aliphatic carboxylic acids is 1. The van der Waals surface area contributed by atoms with Gasteiger partial charge in [-0.1, -0.05) is 58.5 Å². The summed E-state index contributed by atoms with van der Waals surface area (Å²) < 4.78 is 0. The standard InChI is InChI=1S/C14H8Cl4O3/c15-8-3-4-9(16)12(18)11(8)6-1-2-7(10(17)5-6)13(19)14(20)21/h1-5,13,19H,(H,20,21). The second-order valence-corrected chi connectivity index (χ2v) is 5.79. The maximum Gasteiger partial charge on any atom is 0.337 e. The van der Waals surface area contributed by atoms with Gasteiger partial charge in [0.15, 0.2) is 6.10 Å². The summed E-state index contributed by atoms with van der Waals surface area (Å²) in [7, 11) is 0. The number of rotatable bonds is 3. The lowest BCUT2D eigenvalue weighted by Crippen LogP contribution is -2.10. The van der Waals surface area contributed by atoms with Crippen molar-refractivity contribution in [2.24, 2.45) is 0 Å². The van der Waals surface area contributed by atoms with Crippen LogP contribution in [0, 0.1) is 0 Å². The molecule has 0 aromatic heterocycles. The number of hydrogen-bond acceptors (Lipinski definition) is 2. The zero-order valence-corrected chi connectivity index (χ0v) is 13.3. The molecule has 0 spiro atoms. The Labute approximate surface area is 140 Å². The number of carbonyl (C=O) groups is 1. The van der Waals surface area contributed by atoms with Crippen LogP contribution < -0.4 is 0 Å². The van der Waals surface area contributed by atoms with Crippen LogP contribution in [0.1, 0.15) is 11.7 Å². The van der Waals surface area contributed by atoms with Gasteiger partial charge >= 0.3 is 5.97 Å². The predicted octanol–water partition coefficient (Wildman–Crippen LogP) is 5.09. The molecular formula is C14H8Cl4O3. The number of benzene rings is 2. The normalized spacial score (nSPS) is 12.2. The average Bonchev–Trinajstić information content (AvgIpc) is 2.43. The number of carboxylic acid groups (broad SMARTS) is 1. The highest BCUT2D eigenvalue weighted by atomic mass is 35.5. The van der Waals surface area contributed by atoms with Gasteiger partial charge in [0.25, 0.3) is 0 Å². The van der Waals surface area contributed by atoms with E-state index >= 15 is 0 Å². The number of aliphatic hydroxyl groups is 1. The molecule has 3 nitrogen and oxygen atoms in total. The zero-order chi connectivity index (χ0) is 15.7. The summed E-state index contributed by atoms with van der Waals surface area (Å²) in [5.41, 5.74) is 1.14. The van der Waals surface area contributed by atoms with Crippen molar-refractivity contribution in [2.45, 2.75) is 6.10 Å². The lowest BCUT2D eigenvalue weighted by Gasteiger charge is -2.12. The maximum absolute atomic E-state index is 10.8. The summed E-state index contributed by atoms with van der Waals surface area (Å²) in [6.45, 7) is 0. The van der Waals surface area contributed by atoms with Crippen LogP contribution in [-0.2, 0) is 4.79 Å². The Hall–Kier alpha value is -0.970. The Morgan fingerprint density at radius 1 is 0.952 bits per heavy atom. The number of carboxylic acids is 1. The van der Waals surface area contributed by atoms with E-state index in [2.05, 4.69) is 0 Å². The molecule has 2 rings (SSSR count). The first-order valence-corrected chi connectivity index (χ1v) is 7.18. The average molecular weight is 366 g/mol. The van der Waals surface area contributed by atoms with E-state index in [0.717, 1.165) is 0 Å². The molecule has 1 atom stereocenters.